The van der Waals surface area contributed by atoms with Crippen molar-refractivity contribution in [2.75, 3.05) is 18.9 Å². The van der Waals surface area contributed by atoms with Gasteiger partial charge in [0.1, 0.15) is 0 Å². The van der Waals surface area contributed by atoms with Gasteiger partial charge >= 0.3 is 0 Å². The molecule has 0 aliphatic carbocycles. The average Bonchev–Trinajstić information content (AvgIpc) is 2.85. The molecule has 0 spiro atoms. The van der Waals surface area contributed by atoms with Crippen LogP contribution >= 0.6 is 0 Å². The molecule has 1 heterocycles. The lowest BCUT2D eigenvalue weighted by molar-refractivity contribution is 0.126. The highest BCUT2D eigenvalue weighted by molar-refractivity contribution is 7.92. The van der Waals surface area contributed by atoms with E-state index in [0.717, 1.165) is 17.7 Å². The normalized spacial score (nSPS) is 24.1. The van der Waals surface area contributed by atoms with Crippen LogP contribution in [0.1, 0.15) is 37.4 Å². The fourth-order valence-electron chi connectivity index (χ4n) is 2.95. The molecule has 1 aromatic rings. The van der Waals surface area contributed by atoms with Crippen LogP contribution in [-0.4, -0.2) is 38.7 Å². The number of hydrogen-bond acceptors (Lipinski definition) is 4. The van der Waals surface area contributed by atoms with Crippen molar-refractivity contribution in [1.29, 1.82) is 0 Å². The third-order valence-corrected chi connectivity index (χ3v) is 6.40. The molecule has 2 rings (SSSR count). The standard InChI is InChI=1S/C16H25NO3S/c1-4-17-15(14-7-5-6-12(2)10-14)11-21(18,19)16-8-9-20-13(16)3/h5-7,10,13,15-17H,4,8-9,11H2,1-3H3. The highest BCUT2D eigenvalue weighted by Gasteiger charge is 2.37. The summed E-state index contributed by atoms with van der Waals surface area (Å²) in [5.41, 5.74) is 2.18. The molecule has 0 saturated carbocycles. The summed E-state index contributed by atoms with van der Waals surface area (Å²) in [5.74, 6) is 0.128. The Morgan fingerprint density at radius 1 is 1.43 bits per heavy atom. The second-order valence-corrected chi connectivity index (χ2v) is 8.02. The fraction of sp³-hybridized carbons (Fsp3) is 0.625. The molecule has 1 saturated heterocycles. The van der Waals surface area contributed by atoms with Crippen LogP contribution < -0.4 is 5.32 Å². The van der Waals surface area contributed by atoms with Gasteiger partial charge in [-0.1, -0.05) is 36.8 Å². The van der Waals surface area contributed by atoms with Crippen LogP contribution in [0.5, 0.6) is 0 Å². The van der Waals surface area contributed by atoms with E-state index in [1.165, 1.54) is 0 Å². The molecule has 0 bridgehead atoms. The van der Waals surface area contributed by atoms with Gasteiger partial charge in [-0.15, -0.1) is 0 Å². The van der Waals surface area contributed by atoms with Gasteiger partial charge in [-0.05, 0) is 32.4 Å². The highest BCUT2D eigenvalue weighted by atomic mass is 32.2. The van der Waals surface area contributed by atoms with Crippen molar-refractivity contribution in [2.24, 2.45) is 0 Å². The van der Waals surface area contributed by atoms with Crippen LogP contribution in [0.25, 0.3) is 0 Å². The molecule has 0 radical (unpaired) electrons. The highest BCUT2D eigenvalue weighted by Crippen LogP contribution is 2.25. The summed E-state index contributed by atoms with van der Waals surface area (Å²) >= 11 is 0. The molecule has 4 nitrogen and oxygen atoms in total. The number of benzene rings is 1. The maximum atomic E-state index is 12.7. The second kappa shape index (κ2) is 6.90. The Morgan fingerprint density at radius 2 is 2.19 bits per heavy atom. The van der Waals surface area contributed by atoms with Crippen molar-refractivity contribution in [3.8, 4) is 0 Å². The zero-order valence-electron chi connectivity index (χ0n) is 13.0. The summed E-state index contributed by atoms with van der Waals surface area (Å²) in [6.45, 7) is 7.15. The quantitative estimate of drug-likeness (QED) is 0.875. The van der Waals surface area contributed by atoms with Gasteiger partial charge in [0.05, 0.1) is 17.1 Å². The van der Waals surface area contributed by atoms with Gasteiger partial charge in [-0.3, -0.25) is 0 Å². The van der Waals surface area contributed by atoms with Gasteiger partial charge in [-0.2, -0.15) is 0 Å². The summed E-state index contributed by atoms with van der Waals surface area (Å²) in [6, 6.07) is 7.88. The molecule has 1 aliphatic rings. The van der Waals surface area contributed by atoms with Crippen LogP contribution in [0.2, 0.25) is 0 Å². The van der Waals surface area contributed by atoms with Crippen molar-refractivity contribution < 1.29 is 13.2 Å². The summed E-state index contributed by atoms with van der Waals surface area (Å²) in [6.07, 6.45) is 0.408. The van der Waals surface area contributed by atoms with Gasteiger partial charge < -0.3 is 10.1 Å². The SMILES string of the molecule is CCNC(CS(=O)(=O)C1CCOC1C)c1cccc(C)c1. The number of hydrogen-bond donors (Lipinski definition) is 1. The molecule has 118 valence electrons. The van der Waals surface area contributed by atoms with Crippen LogP contribution in [0.4, 0.5) is 0 Å². The van der Waals surface area contributed by atoms with Crippen LogP contribution in [0.15, 0.2) is 24.3 Å². The average molecular weight is 311 g/mol. The zero-order chi connectivity index (χ0) is 15.5. The molecule has 0 amide bonds. The van der Waals surface area contributed by atoms with E-state index in [1.807, 2.05) is 39.0 Å². The Labute approximate surface area is 127 Å². The Hall–Kier alpha value is -0.910. The lowest BCUT2D eigenvalue weighted by Gasteiger charge is -2.22. The molecular formula is C16H25NO3S. The first-order valence-corrected chi connectivity index (χ1v) is 9.28. The van der Waals surface area contributed by atoms with E-state index in [4.69, 9.17) is 4.74 Å². The van der Waals surface area contributed by atoms with E-state index in [-0.39, 0.29) is 23.1 Å². The van der Waals surface area contributed by atoms with Crippen LogP contribution in [0.3, 0.4) is 0 Å². The lowest BCUT2D eigenvalue weighted by atomic mass is 10.1. The summed E-state index contributed by atoms with van der Waals surface area (Å²) in [5, 5.41) is 2.93. The molecule has 1 N–H and O–H groups in total. The van der Waals surface area contributed by atoms with E-state index in [2.05, 4.69) is 11.4 Å². The molecule has 5 heteroatoms. The molecule has 1 fully saturated rings. The largest absolute Gasteiger partial charge is 0.377 e. The number of ether oxygens (including phenoxy) is 1. The fourth-order valence-corrected chi connectivity index (χ4v) is 5.09. The van der Waals surface area contributed by atoms with E-state index in [0.29, 0.717) is 13.0 Å². The topological polar surface area (TPSA) is 55.4 Å². The first-order chi connectivity index (χ1) is 9.94. The maximum absolute atomic E-state index is 12.7. The second-order valence-electron chi connectivity index (χ2n) is 5.76. The summed E-state index contributed by atoms with van der Waals surface area (Å²) in [4.78, 5) is 0. The number of rotatable bonds is 6. The minimum atomic E-state index is -3.18. The Morgan fingerprint density at radius 3 is 2.76 bits per heavy atom. The third kappa shape index (κ3) is 4.05. The van der Waals surface area contributed by atoms with Gasteiger partial charge in [0.15, 0.2) is 9.84 Å². The molecule has 21 heavy (non-hydrogen) atoms. The van der Waals surface area contributed by atoms with Gasteiger partial charge in [0.2, 0.25) is 0 Å². The number of nitrogens with one attached hydrogen (secondary N) is 1. The van der Waals surface area contributed by atoms with Crippen molar-refractivity contribution in [3.05, 3.63) is 35.4 Å². The Balaban J connectivity index is 2.19. The zero-order valence-corrected chi connectivity index (χ0v) is 13.8. The molecule has 0 aromatic heterocycles. The van der Waals surface area contributed by atoms with Gasteiger partial charge in [0.25, 0.3) is 0 Å². The van der Waals surface area contributed by atoms with Crippen molar-refractivity contribution in [3.63, 3.8) is 0 Å². The van der Waals surface area contributed by atoms with Crippen LogP contribution in [0, 0.1) is 6.92 Å². The smallest absolute Gasteiger partial charge is 0.157 e. The Kier molecular flexibility index (Phi) is 5.41. The van der Waals surface area contributed by atoms with Gasteiger partial charge in [0, 0.05) is 12.6 Å². The van der Waals surface area contributed by atoms with Gasteiger partial charge in [-0.25, -0.2) is 8.42 Å². The number of aryl methyl sites for hydroxylation is 1. The van der Waals surface area contributed by atoms with E-state index < -0.39 is 9.84 Å². The van der Waals surface area contributed by atoms with Crippen LogP contribution in [-0.2, 0) is 14.6 Å². The van der Waals surface area contributed by atoms with Crippen molar-refractivity contribution in [2.45, 2.75) is 44.6 Å². The number of sulfone groups is 1. The van der Waals surface area contributed by atoms with Crippen molar-refractivity contribution >= 4 is 9.84 Å². The third-order valence-electron chi connectivity index (χ3n) is 4.06. The first-order valence-electron chi connectivity index (χ1n) is 7.57. The summed E-state index contributed by atoms with van der Waals surface area (Å²) < 4.78 is 30.8. The van der Waals surface area contributed by atoms with Crippen molar-refractivity contribution in [1.82, 2.24) is 5.32 Å². The summed E-state index contributed by atoms with van der Waals surface area (Å²) in [7, 11) is -3.18. The minimum Gasteiger partial charge on any atom is -0.377 e. The lowest BCUT2D eigenvalue weighted by Crippen LogP contribution is -2.36. The molecule has 1 aliphatic heterocycles. The van der Waals surface area contributed by atoms with E-state index >= 15 is 0 Å². The monoisotopic (exact) mass is 311 g/mol. The molecule has 3 atom stereocenters. The molecule has 3 unspecified atom stereocenters. The van der Waals surface area contributed by atoms with E-state index in [9.17, 15) is 8.42 Å². The minimum absolute atomic E-state index is 0.128. The first kappa shape index (κ1) is 16.5. The Bertz CT molecular complexity index is 571. The molecule has 1 aromatic carbocycles. The predicted octanol–water partition coefficient (Wildman–Crippen LogP) is 2.24. The predicted molar refractivity (Wildman–Crippen MR) is 85.2 cm³/mol. The van der Waals surface area contributed by atoms with E-state index in [1.54, 1.807) is 0 Å². The maximum Gasteiger partial charge on any atom is 0.157 e. The molecular weight excluding hydrogens is 286 g/mol.